The Bertz CT molecular complexity index is 932. The van der Waals surface area contributed by atoms with E-state index in [9.17, 15) is 19.8 Å². The van der Waals surface area contributed by atoms with E-state index < -0.39 is 11.8 Å². The van der Waals surface area contributed by atoms with Gasteiger partial charge in [0, 0.05) is 43.5 Å². The fraction of sp³-hybridized carbons (Fsp3) is 0.417. The van der Waals surface area contributed by atoms with Crippen molar-refractivity contribution in [2.45, 2.75) is 39.5 Å². The summed E-state index contributed by atoms with van der Waals surface area (Å²) in [6.07, 6.45) is 0. The van der Waals surface area contributed by atoms with Crippen LogP contribution in [0.4, 0.5) is 11.4 Å². The van der Waals surface area contributed by atoms with Crippen molar-refractivity contribution in [2.24, 2.45) is 0 Å². The number of Topliss-reactive ketones (excluding diaryl/α,β-unsaturated/α-hetero) is 2. The molecule has 6 nitrogen and oxygen atoms in total. The highest BCUT2D eigenvalue weighted by molar-refractivity contribution is 6.31. The summed E-state index contributed by atoms with van der Waals surface area (Å²) in [4.78, 5) is 29.8. The van der Waals surface area contributed by atoms with Crippen molar-refractivity contribution in [3.8, 4) is 11.5 Å². The molecule has 0 heterocycles. The minimum absolute atomic E-state index is 0.0377. The number of hydrogen-bond acceptors (Lipinski definition) is 6. The lowest BCUT2D eigenvalue weighted by molar-refractivity contribution is -0.142. The average Bonchev–Trinajstić information content (AvgIpc) is 2.73. The first-order chi connectivity index (χ1) is 14.4. The van der Waals surface area contributed by atoms with E-state index in [0.717, 1.165) is 31.9 Å². The fourth-order valence-corrected chi connectivity index (χ4v) is 4.27. The van der Waals surface area contributed by atoms with Crippen molar-refractivity contribution in [3.05, 3.63) is 47.5 Å². The van der Waals surface area contributed by atoms with Crippen LogP contribution in [0, 0.1) is 0 Å². The molecule has 0 bridgehead atoms. The number of benzene rings is 2. The quantitative estimate of drug-likeness (QED) is 0.644. The van der Waals surface area contributed by atoms with Crippen LogP contribution in [0.2, 0.25) is 0 Å². The van der Waals surface area contributed by atoms with E-state index in [0.29, 0.717) is 16.8 Å². The molecule has 160 valence electrons. The van der Waals surface area contributed by atoms with Crippen molar-refractivity contribution in [2.75, 3.05) is 36.0 Å². The molecule has 1 saturated carbocycles. The molecule has 0 unspecified atom stereocenters. The Kier molecular flexibility index (Phi) is 6.34. The summed E-state index contributed by atoms with van der Waals surface area (Å²) in [5, 5.41) is 20.9. The third-order valence-electron chi connectivity index (χ3n) is 6.03. The van der Waals surface area contributed by atoms with Gasteiger partial charge in [-0.25, -0.2) is 0 Å². The summed E-state index contributed by atoms with van der Waals surface area (Å²) in [6, 6.07) is 10.1. The maximum absolute atomic E-state index is 12.9. The first kappa shape index (κ1) is 21.7. The number of aromatic hydroxyl groups is 2. The summed E-state index contributed by atoms with van der Waals surface area (Å²) in [6.45, 7) is 11.1. The fourth-order valence-electron chi connectivity index (χ4n) is 4.27. The van der Waals surface area contributed by atoms with Crippen LogP contribution in [-0.4, -0.2) is 48.0 Å². The van der Waals surface area contributed by atoms with Crippen LogP contribution < -0.4 is 9.80 Å². The van der Waals surface area contributed by atoms with E-state index >= 15 is 0 Å². The second-order valence-electron chi connectivity index (χ2n) is 7.51. The zero-order valence-corrected chi connectivity index (χ0v) is 18.1. The second kappa shape index (κ2) is 8.78. The van der Waals surface area contributed by atoms with E-state index in [2.05, 4.69) is 4.90 Å². The van der Waals surface area contributed by atoms with Crippen LogP contribution in [0.3, 0.4) is 0 Å². The van der Waals surface area contributed by atoms with Crippen molar-refractivity contribution >= 4 is 22.9 Å². The maximum atomic E-state index is 12.9. The van der Waals surface area contributed by atoms with Gasteiger partial charge in [-0.3, -0.25) is 9.59 Å². The van der Waals surface area contributed by atoms with E-state index in [1.807, 2.05) is 38.7 Å². The number of ketones is 2. The molecule has 0 aromatic heterocycles. The molecule has 6 heteroatoms. The molecule has 0 spiro atoms. The van der Waals surface area contributed by atoms with Gasteiger partial charge in [0.2, 0.25) is 0 Å². The van der Waals surface area contributed by atoms with Crippen LogP contribution in [0.5, 0.6) is 11.5 Å². The molecule has 2 aromatic carbocycles. The molecule has 0 amide bonds. The highest BCUT2D eigenvalue weighted by atomic mass is 16.3. The summed E-state index contributed by atoms with van der Waals surface area (Å²) in [5.41, 5.74) is 2.38. The number of phenolic OH excluding ortho intramolecular Hbond substituents is 2. The molecule has 30 heavy (non-hydrogen) atoms. The maximum Gasteiger partial charge on any atom is 0.162 e. The van der Waals surface area contributed by atoms with Gasteiger partial charge < -0.3 is 20.0 Å². The molecular formula is C24H30N2O4. The van der Waals surface area contributed by atoms with Gasteiger partial charge >= 0.3 is 0 Å². The zero-order valence-electron chi connectivity index (χ0n) is 18.1. The largest absolute Gasteiger partial charge is 0.508 e. The summed E-state index contributed by atoms with van der Waals surface area (Å²) >= 11 is 0. The Morgan fingerprint density at radius 2 is 1.33 bits per heavy atom. The van der Waals surface area contributed by atoms with Crippen LogP contribution in [0.15, 0.2) is 36.4 Å². The molecule has 1 fully saturated rings. The molecule has 0 saturated heterocycles. The molecular weight excluding hydrogens is 380 g/mol. The summed E-state index contributed by atoms with van der Waals surface area (Å²) in [5.74, 6) is -2.32. The Morgan fingerprint density at radius 1 is 0.733 bits per heavy atom. The van der Waals surface area contributed by atoms with Crippen LogP contribution in [0.1, 0.15) is 50.7 Å². The van der Waals surface area contributed by atoms with Crippen molar-refractivity contribution in [1.29, 1.82) is 0 Å². The Morgan fingerprint density at radius 3 is 1.83 bits per heavy atom. The van der Waals surface area contributed by atoms with Gasteiger partial charge in [-0.15, -0.1) is 0 Å². The minimum atomic E-state index is -0.953. The number of phenols is 2. The first-order valence-electron chi connectivity index (χ1n) is 10.6. The predicted octanol–water partition coefficient (Wildman–Crippen LogP) is 3.81. The van der Waals surface area contributed by atoms with Gasteiger partial charge in [0.25, 0.3) is 0 Å². The van der Waals surface area contributed by atoms with Crippen molar-refractivity contribution in [1.82, 2.24) is 0 Å². The number of rotatable bonds is 8. The lowest BCUT2D eigenvalue weighted by Crippen LogP contribution is -2.44. The molecule has 1 aliphatic rings. The molecule has 0 atom stereocenters. The molecule has 0 radical (unpaired) electrons. The molecule has 2 N–H and O–H groups in total. The summed E-state index contributed by atoms with van der Waals surface area (Å²) < 4.78 is 0. The van der Waals surface area contributed by atoms with Crippen LogP contribution >= 0.6 is 0 Å². The predicted molar refractivity (Wildman–Crippen MR) is 119 cm³/mol. The summed E-state index contributed by atoms with van der Waals surface area (Å²) in [7, 11) is 0. The van der Waals surface area contributed by atoms with Crippen molar-refractivity contribution < 1.29 is 19.8 Å². The standard InChI is InChI=1S/C24H30N2O4/c1-5-25(6-2)16-10-11-17(19(27)14-16)22-23(29)21(24(22)30)15-9-12-18(20(28)13-15)26(7-3)8-4/h9-14,21-22,27-28H,5-8H2,1-4H3. The van der Waals surface area contributed by atoms with E-state index in [4.69, 9.17) is 0 Å². The number of anilines is 2. The highest BCUT2D eigenvalue weighted by Gasteiger charge is 2.51. The molecule has 3 rings (SSSR count). The lowest BCUT2D eigenvalue weighted by atomic mass is 9.66. The van der Waals surface area contributed by atoms with Crippen molar-refractivity contribution in [3.63, 3.8) is 0 Å². The smallest absolute Gasteiger partial charge is 0.162 e. The number of nitrogens with zero attached hydrogens (tertiary/aromatic N) is 2. The van der Waals surface area contributed by atoms with E-state index in [1.54, 1.807) is 24.3 Å². The normalized spacial score (nSPS) is 18.3. The van der Waals surface area contributed by atoms with Gasteiger partial charge in [-0.2, -0.15) is 0 Å². The second-order valence-corrected chi connectivity index (χ2v) is 7.51. The number of carbonyl (C=O) groups is 2. The topological polar surface area (TPSA) is 81.1 Å². The first-order valence-corrected chi connectivity index (χ1v) is 10.6. The minimum Gasteiger partial charge on any atom is -0.508 e. The molecule has 0 aliphatic heterocycles. The monoisotopic (exact) mass is 410 g/mol. The van der Waals surface area contributed by atoms with Crippen LogP contribution in [-0.2, 0) is 9.59 Å². The Labute approximate surface area is 177 Å². The SMILES string of the molecule is CCN(CC)c1ccc(C2C(=O)C(c3ccc(N(CC)CC)c(O)c3)C2=O)c(O)c1. The van der Waals surface area contributed by atoms with Gasteiger partial charge in [0.1, 0.15) is 23.3 Å². The Hall–Kier alpha value is -3.02. The van der Waals surface area contributed by atoms with Gasteiger partial charge in [0.05, 0.1) is 5.69 Å². The highest BCUT2D eigenvalue weighted by Crippen LogP contribution is 2.45. The van der Waals surface area contributed by atoms with Gasteiger partial charge in [-0.1, -0.05) is 12.1 Å². The lowest BCUT2D eigenvalue weighted by Gasteiger charge is -2.33. The van der Waals surface area contributed by atoms with Gasteiger partial charge in [-0.05, 0) is 51.5 Å². The van der Waals surface area contributed by atoms with Gasteiger partial charge in [0.15, 0.2) is 11.6 Å². The van der Waals surface area contributed by atoms with E-state index in [1.165, 1.54) is 6.07 Å². The third-order valence-corrected chi connectivity index (χ3v) is 6.03. The molecule has 2 aromatic rings. The number of carbonyl (C=O) groups excluding carboxylic acids is 2. The number of hydrogen-bond donors (Lipinski definition) is 2. The van der Waals surface area contributed by atoms with Crippen LogP contribution in [0.25, 0.3) is 0 Å². The Balaban J connectivity index is 1.84. The van der Waals surface area contributed by atoms with E-state index in [-0.39, 0.29) is 23.1 Å². The molecule has 1 aliphatic carbocycles. The zero-order chi connectivity index (χ0) is 22.0. The average molecular weight is 411 g/mol. The third kappa shape index (κ3) is 3.62.